The molecule has 26 rings (SSSR count). The largest absolute Gasteiger partial charge is 0.457 e. The molecule has 0 saturated carbocycles. The van der Waals surface area contributed by atoms with Crippen LogP contribution in [0.5, 0.6) is 23.0 Å². The van der Waals surface area contributed by atoms with Crippen LogP contribution in [-0.4, -0.2) is 39.9 Å². The Morgan fingerprint density at radius 3 is 0.805 bits per heavy atom. The molecule has 596 valence electrons. The molecule has 10 heteroatoms. The van der Waals surface area contributed by atoms with Crippen molar-refractivity contribution in [3.63, 3.8) is 0 Å². The number of nitrogens with zero attached hydrogens (tertiary/aromatic N) is 8. The maximum atomic E-state index is 6.64. The monoisotopic (exact) mass is 1630 g/mol. The molecule has 2 aliphatic heterocycles. The number of rotatable bonds is 10. The summed E-state index contributed by atoms with van der Waals surface area (Å²) < 4.78 is 13.3. The van der Waals surface area contributed by atoms with E-state index in [4.69, 9.17) is 49.3 Å². The highest BCUT2D eigenvalue weighted by molar-refractivity contribution is 6.21. The zero-order chi connectivity index (χ0) is 84.4. The molecule has 2 aliphatic carbocycles. The molecule has 0 fully saturated rings. The quantitative estimate of drug-likeness (QED) is 0.122. The molecular formula is C118H72N8O2. The molecule has 18 aromatic carbocycles. The molecule has 4 aliphatic rings. The van der Waals surface area contributed by atoms with Gasteiger partial charge in [-0.2, -0.15) is 0 Å². The van der Waals surface area contributed by atoms with Crippen LogP contribution < -0.4 is 9.47 Å². The van der Waals surface area contributed by atoms with E-state index in [1.54, 1.807) is 0 Å². The van der Waals surface area contributed by atoms with Crippen LogP contribution in [0.4, 0.5) is 0 Å². The van der Waals surface area contributed by atoms with Crippen LogP contribution in [0.2, 0.25) is 0 Å². The van der Waals surface area contributed by atoms with E-state index in [0.29, 0.717) is 34.9 Å². The number of ether oxygens (including phenoxy) is 2. The van der Waals surface area contributed by atoms with Gasteiger partial charge >= 0.3 is 0 Å². The maximum Gasteiger partial charge on any atom is 0.164 e. The topological polar surface area (TPSA) is 122 Å². The van der Waals surface area contributed by atoms with Crippen molar-refractivity contribution in [2.75, 3.05) is 0 Å². The van der Waals surface area contributed by atoms with E-state index in [0.717, 1.165) is 156 Å². The van der Waals surface area contributed by atoms with Gasteiger partial charge in [0.15, 0.2) is 34.9 Å². The molecule has 6 heterocycles. The summed E-state index contributed by atoms with van der Waals surface area (Å²) in [5.74, 6) is 7.34. The van der Waals surface area contributed by atoms with Crippen molar-refractivity contribution >= 4 is 43.4 Å². The van der Waals surface area contributed by atoms with Crippen LogP contribution in [0.15, 0.2) is 437 Å². The van der Waals surface area contributed by atoms with Gasteiger partial charge in [-0.25, -0.2) is 39.9 Å². The normalized spacial score (nSPS) is 12.9. The highest BCUT2D eigenvalue weighted by atomic mass is 16.5. The van der Waals surface area contributed by atoms with Gasteiger partial charge in [-0.3, -0.25) is 0 Å². The molecule has 0 atom stereocenters. The first kappa shape index (κ1) is 73.6. The van der Waals surface area contributed by atoms with E-state index in [2.05, 4.69) is 315 Å². The third-order valence-corrected chi connectivity index (χ3v) is 25.9. The molecule has 22 aromatic rings. The summed E-state index contributed by atoms with van der Waals surface area (Å²) in [5.41, 5.74) is 29.3. The van der Waals surface area contributed by atoms with Gasteiger partial charge in [0.25, 0.3) is 0 Å². The summed E-state index contributed by atoms with van der Waals surface area (Å²) in [6.45, 7) is 0. The van der Waals surface area contributed by atoms with Crippen molar-refractivity contribution in [1.82, 2.24) is 39.9 Å². The van der Waals surface area contributed by atoms with Crippen molar-refractivity contribution in [3.05, 3.63) is 481 Å². The second-order valence-electron chi connectivity index (χ2n) is 33.0. The summed E-state index contributed by atoms with van der Waals surface area (Å²) in [6, 6.07) is 153. The molecule has 0 bridgehead atoms. The number of benzene rings is 18. The van der Waals surface area contributed by atoms with Crippen LogP contribution in [0.1, 0.15) is 44.5 Å². The highest BCUT2D eigenvalue weighted by Crippen LogP contribution is 2.66. The summed E-state index contributed by atoms with van der Waals surface area (Å²) >= 11 is 0. The standard InChI is InChI=1S/2C59H36N4O/c1-3-17-37(18-4-1)56-61-57(38-19-5-2-6-20-38)63-58(62-56)42-24-16-22-40(36-42)39-21-15-23-41(35-39)55-45-33-34-49-54(53(45)44-26-8-12-30-50(44)60-55)43-25-7-9-27-46(43)59(49)47-28-10-13-31-51(47)64-52-32-14-11-29-48(52)59;1-3-16-38(17-4-1)56-61-57(39-18-5-2-6-19-39)63-58(62-56)40-32-30-37(31-33-40)41-20-15-21-42(36-41)55-45-34-35-49-54(53(45)44-23-8-12-27-50(44)60-55)43-22-7-9-24-46(43)59(49)47-25-10-13-28-51(47)64-52-29-14-11-26-48(52)59/h2*1-36H. The fourth-order valence-electron chi connectivity index (χ4n) is 20.4. The van der Waals surface area contributed by atoms with Gasteiger partial charge in [0.2, 0.25) is 0 Å². The van der Waals surface area contributed by atoms with Crippen molar-refractivity contribution in [2.45, 2.75) is 10.8 Å². The lowest BCUT2D eigenvalue weighted by Crippen LogP contribution is -2.32. The molecule has 0 amide bonds. The van der Waals surface area contributed by atoms with Gasteiger partial charge in [0.1, 0.15) is 23.0 Å². The molecule has 4 aromatic heterocycles. The zero-order valence-corrected chi connectivity index (χ0v) is 69.0. The van der Waals surface area contributed by atoms with Crippen LogP contribution in [0, 0.1) is 0 Å². The Bertz CT molecular complexity index is 8060. The molecule has 2 spiro atoms. The van der Waals surface area contributed by atoms with E-state index in [1.807, 2.05) is 121 Å². The second kappa shape index (κ2) is 29.9. The average Bonchev–Trinajstić information content (AvgIpc) is 1.51. The fraction of sp³-hybridized carbons (Fsp3) is 0.0169. The van der Waals surface area contributed by atoms with Gasteiger partial charge in [0.05, 0.1) is 33.3 Å². The van der Waals surface area contributed by atoms with Crippen molar-refractivity contribution in [1.29, 1.82) is 0 Å². The van der Waals surface area contributed by atoms with Crippen LogP contribution in [0.25, 0.3) is 179 Å². The Labute approximate surface area is 738 Å². The molecule has 128 heavy (non-hydrogen) atoms. The van der Waals surface area contributed by atoms with E-state index < -0.39 is 10.8 Å². The van der Waals surface area contributed by atoms with E-state index in [9.17, 15) is 0 Å². The molecule has 0 unspecified atom stereocenters. The Hall–Kier alpha value is -17.1. The summed E-state index contributed by atoms with van der Waals surface area (Å²) in [6.07, 6.45) is 0. The van der Waals surface area contributed by atoms with Crippen molar-refractivity contribution < 1.29 is 9.47 Å². The van der Waals surface area contributed by atoms with Crippen LogP contribution >= 0.6 is 0 Å². The van der Waals surface area contributed by atoms with Gasteiger partial charge in [-0.15, -0.1) is 0 Å². The number of aromatic nitrogens is 8. The average molecular weight is 1630 g/mol. The lowest BCUT2D eigenvalue weighted by Gasteiger charge is -2.39. The SMILES string of the molecule is c1ccc(-c2nc(-c3ccccc3)nc(-c3ccc(-c4cccc(-c5nc6ccccc6c6c7c(ccc56)C5(c6ccccc6Oc6ccccc65)c5ccccc5-7)c4)cc3)n2)cc1.c1ccc(-c2nc(-c3ccccc3)nc(-c3cccc(-c4cccc(-c5nc6ccccc6c6c7c(ccc56)C5(c6ccccc6Oc6ccccc65)c5ccccc5-7)c4)c3)n2)cc1. The Morgan fingerprint density at radius 1 is 0.164 bits per heavy atom. The predicted molar refractivity (Wildman–Crippen MR) is 514 cm³/mol. The van der Waals surface area contributed by atoms with E-state index in [1.165, 1.54) is 55.3 Å². The third-order valence-electron chi connectivity index (χ3n) is 25.9. The lowest BCUT2D eigenvalue weighted by molar-refractivity contribution is 0.436. The highest BCUT2D eigenvalue weighted by Gasteiger charge is 2.53. The lowest BCUT2D eigenvalue weighted by atomic mass is 9.66. The van der Waals surface area contributed by atoms with Crippen LogP contribution in [0.3, 0.4) is 0 Å². The number of para-hydroxylation sites is 6. The first-order valence-corrected chi connectivity index (χ1v) is 43.3. The third kappa shape index (κ3) is 11.7. The van der Waals surface area contributed by atoms with Gasteiger partial charge in [-0.05, 0) is 121 Å². The molecule has 0 radical (unpaired) electrons. The first-order chi connectivity index (χ1) is 63.4. The summed E-state index contributed by atoms with van der Waals surface area (Å²) in [5, 5.41) is 6.90. The Morgan fingerprint density at radius 2 is 0.430 bits per heavy atom. The molecule has 0 N–H and O–H groups in total. The van der Waals surface area contributed by atoms with Gasteiger partial charge < -0.3 is 9.47 Å². The molecular weight excluding hydrogens is 1560 g/mol. The number of hydrogen-bond acceptors (Lipinski definition) is 10. The van der Waals surface area contributed by atoms with E-state index in [-0.39, 0.29) is 0 Å². The Kier molecular flexibility index (Phi) is 17.2. The fourth-order valence-corrected chi connectivity index (χ4v) is 20.4. The number of hydrogen-bond donors (Lipinski definition) is 0. The minimum absolute atomic E-state index is 0.560. The second-order valence-corrected chi connectivity index (χ2v) is 33.0. The van der Waals surface area contributed by atoms with Crippen molar-refractivity contribution in [2.24, 2.45) is 0 Å². The maximum absolute atomic E-state index is 6.64. The van der Waals surface area contributed by atoms with Gasteiger partial charge in [-0.1, -0.05) is 382 Å². The first-order valence-electron chi connectivity index (χ1n) is 43.3. The number of pyridine rings is 2. The minimum Gasteiger partial charge on any atom is -0.457 e. The Balaban J connectivity index is 0.000000139. The number of fused-ring (bicyclic) bond motifs is 26. The molecule has 0 saturated heterocycles. The van der Waals surface area contributed by atoms with E-state index >= 15 is 0 Å². The summed E-state index contributed by atoms with van der Waals surface area (Å²) in [7, 11) is 0. The van der Waals surface area contributed by atoms with Crippen molar-refractivity contribution in [3.8, 4) is 158 Å². The zero-order valence-electron chi connectivity index (χ0n) is 69.0. The smallest absolute Gasteiger partial charge is 0.164 e. The minimum atomic E-state index is -0.566. The summed E-state index contributed by atoms with van der Waals surface area (Å²) in [4.78, 5) is 40.7. The molecule has 10 nitrogen and oxygen atoms in total. The predicted octanol–water partition coefficient (Wildman–Crippen LogP) is 28.8. The van der Waals surface area contributed by atoms with Gasteiger partial charge in [0, 0.05) is 99.1 Å². The van der Waals surface area contributed by atoms with Crippen LogP contribution in [-0.2, 0) is 10.8 Å².